The number of nitrogens with zero attached hydrogens (tertiary/aromatic N) is 1. The molecule has 0 aliphatic carbocycles. The predicted octanol–water partition coefficient (Wildman–Crippen LogP) is 2.68. The molecule has 0 saturated carbocycles. The number of hydrogen-bond donors (Lipinski definition) is 2. The molecule has 1 aromatic heterocycles. The molecule has 0 bridgehead atoms. The summed E-state index contributed by atoms with van der Waals surface area (Å²) in [5.74, 6) is 1.77. The van der Waals surface area contributed by atoms with Crippen molar-refractivity contribution in [2.75, 3.05) is 18.1 Å². The summed E-state index contributed by atoms with van der Waals surface area (Å²) >= 11 is 1.85. The highest BCUT2D eigenvalue weighted by Gasteiger charge is 2.30. The molecule has 0 spiro atoms. The lowest BCUT2D eigenvalue weighted by atomic mass is 9.97. The number of thioether (sulfide) groups is 1. The van der Waals surface area contributed by atoms with Crippen molar-refractivity contribution in [3.05, 3.63) is 48.2 Å². The van der Waals surface area contributed by atoms with Crippen molar-refractivity contribution < 1.29 is 9.90 Å². The topological polar surface area (TPSA) is 54.3 Å². The molecule has 2 N–H and O–H groups in total. The first-order valence-corrected chi connectivity index (χ1v) is 9.04. The highest BCUT2D eigenvalue weighted by atomic mass is 32.2. The van der Waals surface area contributed by atoms with E-state index in [1.807, 2.05) is 65.8 Å². The van der Waals surface area contributed by atoms with E-state index >= 15 is 0 Å². The first-order chi connectivity index (χ1) is 11.1. The number of carbonyl (C=O) groups excluding carboxylic acids is 1. The first-order valence-electron chi connectivity index (χ1n) is 7.89. The third-order valence-corrected chi connectivity index (χ3v) is 5.41. The minimum absolute atomic E-state index is 0.138. The maximum Gasteiger partial charge on any atom is 0.268 e. The summed E-state index contributed by atoms with van der Waals surface area (Å²) in [4.78, 5) is 12.4. The normalized spacial score (nSPS) is 17.0. The molecule has 1 aliphatic heterocycles. The van der Waals surface area contributed by atoms with Crippen LogP contribution in [0.1, 0.15) is 23.3 Å². The van der Waals surface area contributed by atoms with Crippen LogP contribution in [0.15, 0.2) is 42.5 Å². The van der Waals surface area contributed by atoms with Crippen molar-refractivity contribution in [1.82, 2.24) is 9.88 Å². The molecular weight excluding hydrogens is 308 g/mol. The van der Waals surface area contributed by atoms with Gasteiger partial charge in [0.1, 0.15) is 5.69 Å². The minimum Gasteiger partial charge on any atom is -0.388 e. The van der Waals surface area contributed by atoms with Gasteiger partial charge in [0.15, 0.2) is 0 Å². The van der Waals surface area contributed by atoms with Crippen molar-refractivity contribution in [3.8, 4) is 11.3 Å². The van der Waals surface area contributed by atoms with Crippen LogP contribution in [0.2, 0.25) is 0 Å². The Kier molecular flexibility index (Phi) is 4.78. The number of aromatic nitrogens is 1. The summed E-state index contributed by atoms with van der Waals surface area (Å²) in [6, 6.07) is 13.8. The van der Waals surface area contributed by atoms with Gasteiger partial charge in [-0.3, -0.25) is 4.79 Å². The molecule has 2 aromatic rings. The van der Waals surface area contributed by atoms with Gasteiger partial charge in [0.2, 0.25) is 0 Å². The molecule has 1 fully saturated rings. The standard InChI is InChI=1S/C18H22N2O2S/c1-20-15(14-5-3-2-4-6-14)7-8-16(20)17(21)19-13-18(22)9-11-23-12-10-18/h2-8,22H,9-13H2,1H3,(H,19,21). The highest BCUT2D eigenvalue weighted by molar-refractivity contribution is 7.99. The Balaban J connectivity index is 1.70. The van der Waals surface area contributed by atoms with Gasteiger partial charge in [0.25, 0.3) is 5.91 Å². The lowest BCUT2D eigenvalue weighted by Crippen LogP contribution is -2.45. The maximum absolute atomic E-state index is 12.4. The molecule has 4 nitrogen and oxygen atoms in total. The van der Waals surface area contributed by atoms with Gasteiger partial charge in [0.05, 0.1) is 5.60 Å². The zero-order valence-corrected chi connectivity index (χ0v) is 14.1. The highest BCUT2D eigenvalue weighted by Crippen LogP contribution is 2.26. The van der Waals surface area contributed by atoms with Crippen molar-refractivity contribution in [3.63, 3.8) is 0 Å². The fourth-order valence-electron chi connectivity index (χ4n) is 2.90. The molecule has 0 atom stereocenters. The Labute approximate surface area is 140 Å². The number of rotatable bonds is 4. The van der Waals surface area contributed by atoms with Gasteiger partial charge in [-0.15, -0.1) is 0 Å². The van der Waals surface area contributed by atoms with Crippen LogP contribution in [0.25, 0.3) is 11.3 Å². The molecule has 1 amide bonds. The smallest absolute Gasteiger partial charge is 0.268 e. The van der Waals surface area contributed by atoms with E-state index in [9.17, 15) is 9.90 Å². The summed E-state index contributed by atoms with van der Waals surface area (Å²) in [7, 11) is 1.89. The van der Waals surface area contributed by atoms with E-state index in [-0.39, 0.29) is 5.91 Å². The van der Waals surface area contributed by atoms with Crippen LogP contribution in [-0.2, 0) is 7.05 Å². The van der Waals surface area contributed by atoms with Crippen molar-refractivity contribution in [2.24, 2.45) is 7.05 Å². The Bertz CT molecular complexity index is 676. The van der Waals surface area contributed by atoms with E-state index in [4.69, 9.17) is 0 Å². The number of carbonyl (C=O) groups is 1. The largest absolute Gasteiger partial charge is 0.388 e. The van der Waals surface area contributed by atoms with Crippen LogP contribution in [0, 0.1) is 0 Å². The summed E-state index contributed by atoms with van der Waals surface area (Å²) in [5, 5.41) is 13.4. The van der Waals surface area contributed by atoms with Gasteiger partial charge in [0, 0.05) is 19.3 Å². The summed E-state index contributed by atoms with van der Waals surface area (Å²) < 4.78 is 1.89. The Morgan fingerprint density at radius 2 is 1.91 bits per heavy atom. The van der Waals surface area contributed by atoms with Crippen LogP contribution >= 0.6 is 11.8 Å². The SMILES string of the molecule is Cn1c(C(=O)NCC2(O)CCSCC2)ccc1-c1ccccc1. The van der Waals surface area contributed by atoms with E-state index in [0.29, 0.717) is 12.2 Å². The first kappa shape index (κ1) is 16.1. The molecule has 5 heteroatoms. The zero-order chi connectivity index (χ0) is 16.3. The maximum atomic E-state index is 12.4. The second kappa shape index (κ2) is 6.81. The van der Waals surface area contributed by atoms with Gasteiger partial charge in [-0.2, -0.15) is 11.8 Å². The van der Waals surface area contributed by atoms with E-state index in [1.165, 1.54) is 0 Å². The van der Waals surface area contributed by atoms with Crippen LogP contribution in [0.4, 0.5) is 0 Å². The van der Waals surface area contributed by atoms with Crippen LogP contribution in [0.3, 0.4) is 0 Å². The van der Waals surface area contributed by atoms with Crippen molar-refractivity contribution in [2.45, 2.75) is 18.4 Å². The fraction of sp³-hybridized carbons (Fsp3) is 0.389. The van der Waals surface area contributed by atoms with Gasteiger partial charge >= 0.3 is 0 Å². The number of hydrogen-bond acceptors (Lipinski definition) is 3. The molecule has 1 aliphatic rings. The molecule has 0 radical (unpaired) electrons. The van der Waals surface area contributed by atoms with E-state index in [2.05, 4.69) is 5.32 Å². The Morgan fingerprint density at radius 1 is 1.22 bits per heavy atom. The van der Waals surface area contributed by atoms with Crippen molar-refractivity contribution >= 4 is 17.7 Å². The molecule has 1 saturated heterocycles. The molecule has 122 valence electrons. The van der Waals surface area contributed by atoms with Gasteiger partial charge in [-0.25, -0.2) is 0 Å². The van der Waals surface area contributed by atoms with Crippen LogP contribution in [0.5, 0.6) is 0 Å². The van der Waals surface area contributed by atoms with E-state index in [0.717, 1.165) is 35.6 Å². The lowest BCUT2D eigenvalue weighted by Gasteiger charge is -2.31. The van der Waals surface area contributed by atoms with Gasteiger partial charge < -0.3 is 15.0 Å². The predicted molar refractivity (Wildman–Crippen MR) is 94.7 cm³/mol. The molecule has 0 unspecified atom stereocenters. The summed E-state index contributed by atoms with van der Waals surface area (Å²) in [6.45, 7) is 0.318. The monoisotopic (exact) mass is 330 g/mol. The average molecular weight is 330 g/mol. The zero-order valence-electron chi connectivity index (χ0n) is 13.3. The minimum atomic E-state index is -0.756. The third-order valence-electron chi connectivity index (χ3n) is 4.43. The van der Waals surface area contributed by atoms with Crippen LogP contribution in [-0.4, -0.2) is 39.2 Å². The third kappa shape index (κ3) is 3.62. The summed E-state index contributed by atoms with van der Waals surface area (Å²) in [6.07, 6.45) is 1.47. The molecule has 3 rings (SSSR count). The molecule has 1 aromatic carbocycles. The molecular formula is C18H22N2O2S. The number of nitrogens with one attached hydrogen (secondary N) is 1. The lowest BCUT2D eigenvalue weighted by molar-refractivity contribution is 0.0310. The van der Waals surface area contributed by atoms with E-state index in [1.54, 1.807) is 0 Å². The van der Waals surface area contributed by atoms with Gasteiger partial charge in [-0.1, -0.05) is 30.3 Å². The second-order valence-corrected chi connectivity index (χ2v) is 7.27. The van der Waals surface area contributed by atoms with Gasteiger partial charge in [-0.05, 0) is 42.0 Å². The second-order valence-electron chi connectivity index (χ2n) is 6.05. The summed E-state index contributed by atoms with van der Waals surface area (Å²) in [5.41, 5.74) is 1.94. The number of benzene rings is 1. The Morgan fingerprint density at radius 3 is 2.61 bits per heavy atom. The number of amides is 1. The average Bonchev–Trinajstić information content (AvgIpc) is 2.96. The van der Waals surface area contributed by atoms with E-state index < -0.39 is 5.60 Å². The fourth-order valence-corrected chi connectivity index (χ4v) is 4.15. The van der Waals surface area contributed by atoms with Crippen LogP contribution < -0.4 is 5.32 Å². The molecule has 23 heavy (non-hydrogen) atoms. The quantitative estimate of drug-likeness (QED) is 0.906. The number of aliphatic hydroxyl groups is 1. The Hall–Kier alpha value is -1.72. The van der Waals surface area contributed by atoms with Crippen molar-refractivity contribution in [1.29, 1.82) is 0 Å². The molecule has 2 heterocycles.